The van der Waals surface area contributed by atoms with Gasteiger partial charge in [0, 0.05) is 30.8 Å². The lowest BCUT2D eigenvalue weighted by molar-refractivity contribution is 0.380. The number of aromatic nitrogens is 3. The summed E-state index contributed by atoms with van der Waals surface area (Å²) in [6.07, 6.45) is 5.52. The Morgan fingerprint density at radius 1 is 1.36 bits per heavy atom. The largest absolute Gasteiger partial charge is 0.360 e. The minimum Gasteiger partial charge on any atom is -0.360 e. The van der Waals surface area contributed by atoms with Crippen molar-refractivity contribution >= 4 is 0 Å². The molecule has 0 saturated carbocycles. The van der Waals surface area contributed by atoms with Crippen molar-refractivity contribution in [2.75, 3.05) is 0 Å². The van der Waals surface area contributed by atoms with E-state index < -0.39 is 0 Å². The quantitative estimate of drug-likeness (QED) is 0.788. The first-order valence-electron chi connectivity index (χ1n) is 7.64. The molecule has 0 bridgehead atoms. The Bertz CT molecular complexity index is 818. The van der Waals surface area contributed by atoms with E-state index in [1.807, 2.05) is 29.2 Å². The van der Waals surface area contributed by atoms with Crippen LogP contribution in [0.3, 0.4) is 0 Å². The second kappa shape index (κ2) is 5.10. The van der Waals surface area contributed by atoms with Crippen molar-refractivity contribution in [2.45, 2.75) is 32.4 Å². The second-order valence-corrected chi connectivity index (χ2v) is 5.65. The molecule has 1 aliphatic rings. The number of nitrogens with two attached hydrogens (primary N) is 1. The van der Waals surface area contributed by atoms with Gasteiger partial charge in [0.2, 0.25) is 0 Å². The molecule has 0 spiro atoms. The summed E-state index contributed by atoms with van der Waals surface area (Å²) in [6.45, 7) is 2.90. The van der Waals surface area contributed by atoms with Crippen molar-refractivity contribution in [3.05, 3.63) is 48.0 Å². The molecule has 2 aromatic heterocycles. The Morgan fingerprint density at radius 3 is 3.05 bits per heavy atom. The van der Waals surface area contributed by atoms with Crippen molar-refractivity contribution in [2.24, 2.45) is 5.73 Å². The summed E-state index contributed by atoms with van der Waals surface area (Å²) in [5, 5.41) is 8.66. The summed E-state index contributed by atoms with van der Waals surface area (Å²) in [4.78, 5) is 0. The third-order valence-corrected chi connectivity index (χ3v) is 4.31. The van der Waals surface area contributed by atoms with E-state index in [1.54, 1.807) is 0 Å². The molecule has 0 amide bonds. The van der Waals surface area contributed by atoms with E-state index in [2.05, 4.69) is 29.3 Å². The highest BCUT2D eigenvalue weighted by atomic mass is 16.5. The average molecular weight is 294 g/mol. The van der Waals surface area contributed by atoms with Gasteiger partial charge in [-0.05, 0) is 24.5 Å². The van der Waals surface area contributed by atoms with E-state index in [-0.39, 0.29) is 6.04 Å². The van der Waals surface area contributed by atoms with Crippen LogP contribution in [0.25, 0.3) is 22.4 Å². The molecular formula is C17H18N4O. The number of hydrogen-bond donors (Lipinski definition) is 1. The Kier molecular flexibility index (Phi) is 3.08. The molecule has 22 heavy (non-hydrogen) atoms. The molecule has 2 heterocycles. The highest BCUT2D eigenvalue weighted by molar-refractivity contribution is 5.84. The van der Waals surface area contributed by atoms with Crippen LogP contribution in [0.5, 0.6) is 0 Å². The molecule has 112 valence electrons. The molecule has 5 heteroatoms. The van der Waals surface area contributed by atoms with E-state index in [4.69, 9.17) is 10.3 Å². The van der Waals surface area contributed by atoms with Crippen LogP contribution in [0, 0.1) is 0 Å². The van der Waals surface area contributed by atoms with Crippen LogP contribution < -0.4 is 5.73 Å². The Balaban J connectivity index is 1.93. The molecule has 2 N–H and O–H groups in total. The van der Waals surface area contributed by atoms with Gasteiger partial charge in [0.1, 0.15) is 11.5 Å². The van der Waals surface area contributed by atoms with Crippen LogP contribution in [0.2, 0.25) is 0 Å². The monoisotopic (exact) mass is 294 g/mol. The molecular weight excluding hydrogens is 276 g/mol. The van der Waals surface area contributed by atoms with Crippen LogP contribution in [0.1, 0.15) is 30.7 Å². The summed E-state index contributed by atoms with van der Waals surface area (Å²) in [5.41, 5.74) is 11.5. The van der Waals surface area contributed by atoms with Crippen molar-refractivity contribution in [1.82, 2.24) is 14.9 Å². The first kappa shape index (κ1) is 13.3. The van der Waals surface area contributed by atoms with Crippen LogP contribution in [-0.2, 0) is 13.0 Å². The molecule has 5 nitrogen and oxygen atoms in total. The van der Waals surface area contributed by atoms with Crippen molar-refractivity contribution in [3.8, 4) is 22.4 Å². The van der Waals surface area contributed by atoms with Gasteiger partial charge in [-0.2, -0.15) is 5.10 Å². The van der Waals surface area contributed by atoms with Gasteiger partial charge in [0.15, 0.2) is 0 Å². The number of fused-ring (bicyclic) bond motifs is 3. The Hall–Kier alpha value is -2.40. The molecule has 3 aromatic rings. The van der Waals surface area contributed by atoms with Gasteiger partial charge in [-0.1, -0.05) is 29.4 Å². The predicted molar refractivity (Wildman–Crippen MR) is 84.1 cm³/mol. The molecule has 0 saturated heterocycles. The first-order valence-corrected chi connectivity index (χ1v) is 7.64. The third-order valence-electron chi connectivity index (χ3n) is 4.31. The normalized spacial score (nSPS) is 16.9. The average Bonchev–Trinajstić information content (AvgIpc) is 3.16. The van der Waals surface area contributed by atoms with Gasteiger partial charge in [-0.25, -0.2) is 0 Å². The van der Waals surface area contributed by atoms with E-state index >= 15 is 0 Å². The van der Waals surface area contributed by atoms with Gasteiger partial charge in [-0.15, -0.1) is 0 Å². The molecule has 1 aromatic carbocycles. The minimum atomic E-state index is 0.0324. The highest BCUT2D eigenvalue weighted by Gasteiger charge is 2.27. The summed E-state index contributed by atoms with van der Waals surface area (Å²) >= 11 is 0. The fourth-order valence-electron chi connectivity index (χ4n) is 3.12. The summed E-state index contributed by atoms with van der Waals surface area (Å²) in [7, 11) is 0. The smallest absolute Gasteiger partial charge is 0.145 e. The molecule has 0 fully saturated rings. The summed E-state index contributed by atoms with van der Waals surface area (Å²) in [6, 6.07) is 8.30. The topological polar surface area (TPSA) is 69.9 Å². The maximum Gasteiger partial charge on any atom is 0.145 e. The fraction of sp³-hybridized carbons (Fsp3) is 0.294. The summed E-state index contributed by atoms with van der Waals surface area (Å²) in [5.74, 6) is 0.916. The SMILES string of the molecule is CCn1cc(-c2noc3c2-c2ccccc2C(N)CC3)cn1. The molecule has 1 unspecified atom stereocenters. The zero-order valence-corrected chi connectivity index (χ0v) is 12.5. The fourth-order valence-corrected chi connectivity index (χ4v) is 3.12. The molecule has 0 aliphatic heterocycles. The lowest BCUT2D eigenvalue weighted by Crippen LogP contribution is -2.10. The van der Waals surface area contributed by atoms with Crippen LogP contribution in [0.4, 0.5) is 0 Å². The van der Waals surface area contributed by atoms with E-state index in [0.29, 0.717) is 0 Å². The van der Waals surface area contributed by atoms with E-state index in [1.165, 1.54) is 0 Å². The van der Waals surface area contributed by atoms with Crippen molar-refractivity contribution in [3.63, 3.8) is 0 Å². The lowest BCUT2D eigenvalue weighted by atomic mass is 9.95. The third kappa shape index (κ3) is 1.97. The number of rotatable bonds is 2. The van der Waals surface area contributed by atoms with Crippen molar-refractivity contribution < 1.29 is 4.52 Å². The number of benzene rings is 1. The minimum absolute atomic E-state index is 0.0324. The van der Waals surface area contributed by atoms with Crippen LogP contribution >= 0.6 is 0 Å². The molecule has 1 atom stereocenters. The van der Waals surface area contributed by atoms with Crippen molar-refractivity contribution in [1.29, 1.82) is 0 Å². The number of aryl methyl sites for hydroxylation is 2. The first-order chi connectivity index (χ1) is 10.8. The predicted octanol–water partition coefficient (Wildman–Crippen LogP) is 3.17. The zero-order valence-electron chi connectivity index (χ0n) is 12.5. The maximum atomic E-state index is 6.32. The van der Waals surface area contributed by atoms with Gasteiger partial charge < -0.3 is 10.3 Å². The standard InChI is InChI=1S/C17H18N4O/c1-2-21-10-11(9-19-21)17-16-13-6-4-3-5-12(13)14(18)7-8-15(16)22-20-17/h3-6,9-10,14H,2,7-8,18H2,1H3. The molecule has 0 radical (unpaired) electrons. The van der Waals surface area contributed by atoms with E-state index in [9.17, 15) is 0 Å². The highest BCUT2D eigenvalue weighted by Crippen LogP contribution is 2.41. The lowest BCUT2D eigenvalue weighted by Gasteiger charge is -2.12. The van der Waals surface area contributed by atoms with Crippen LogP contribution in [-0.4, -0.2) is 14.9 Å². The molecule has 4 rings (SSSR count). The molecule has 1 aliphatic carbocycles. The van der Waals surface area contributed by atoms with Gasteiger partial charge in [0.05, 0.1) is 11.8 Å². The second-order valence-electron chi connectivity index (χ2n) is 5.65. The van der Waals surface area contributed by atoms with Gasteiger partial charge >= 0.3 is 0 Å². The number of hydrogen-bond acceptors (Lipinski definition) is 4. The summed E-state index contributed by atoms with van der Waals surface area (Å²) < 4.78 is 7.52. The Morgan fingerprint density at radius 2 is 2.23 bits per heavy atom. The van der Waals surface area contributed by atoms with Gasteiger partial charge in [-0.3, -0.25) is 4.68 Å². The Labute approximate surface area is 128 Å². The maximum absolute atomic E-state index is 6.32. The van der Waals surface area contributed by atoms with E-state index in [0.717, 1.165) is 53.1 Å². The van der Waals surface area contributed by atoms with Crippen LogP contribution in [0.15, 0.2) is 41.2 Å². The zero-order chi connectivity index (χ0) is 15.1. The number of nitrogens with zero attached hydrogens (tertiary/aromatic N) is 3. The van der Waals surface area contributed by atoms with Gasteiger partial charge in [0.25, 0.3) is 0 Å².